The van der Waals surface area contributed by atoms with Gasteiger partial charge in [-0.2, -0.15) is 0 Å². The van der Waals surface area contributed by atoms with Gasteiger partial charge < -0.3 is 29.6 Å². The normalized spacial score (nSPS) is 11.4. The molecule has 11 heteroatoms. The summed E-state index contributed by atoms with van der Waals surface area (Å²) in [6, 6.07) is 173. The molecule has 0 atom stereocenters. The van der Waals surface area contributed by atoms with Gasteiger partial charge in [-0.25, -0.2) is 0 Å². The van der Waals surface area contributed by atoms with E-state index in [0.29, 0.717) is 0 Å². The number of nitrogens with zero attached hydrogens (tertiary/aromatic N) is 8. The topological polar surface area (TPSA) is 98.7 Å². The quantitative estimate of drug-likeness (QED) is 0.0402. The average molecular weight is 1970 g/mol. The molecule has 0 spiro atoms. The van der Waals surface area contributed by atoms with Crippen LogP contribution in [0.2, 0.25) is 0 Å². The van der Waals surface area contributed by atoms with Crippen molar-refractivity contribution in [2.75, 3.05) is 19.6 Å². The van der Waals surface area contributed by atoms with Crippen LogP contribution in [0.4, 0.5) is 68.2 Å². The molecular weight excluding hydrogens is 1890 g/mol. The van der Waals surface area contributed by atoms with Crippen LogP contribution < -0.4 is 19.6 Å². The van der Waals surface area contributed by atoms with Crippen molar-refractivity contribution in [3.05, 3.63) is 486 Å². The summed E-state index contributed by atoms with van der Waals surface area (Å²) >= 11 is 0. The number of ketones is 2. The molecule has 0 saturated carbocycles. The molecule has 0 aliphatic rings. The minimum absolute atomic E-state index is 0. The first-order valence-electron chi connectivity index (χ1n) is 46.9. The van der Waals surface area contributed by atoms with E-state index >= 15 is 0 Å². The first kappa shape index (κ1) is 86.4. The van der Waals surface area contributed by atoms with Crippen molar-refractivity contribution < 1.29 is 29.7 Å². The van der Waals surface area contributed by atoms with Crippen LogP contribution in [0.5, 0.6) is 0 Å². The molecular formula is C129H86IrN8O2+. The fourth-order valence-electron chi connectivity index (χ4n) is 20.6. The van der Waals surface area contributed by atoms with Crippen molar-refractivity contribution in [3.63, 3.8) is 0 Å². The van der Waals surface area contributed by atoms with Crippen molar-refractivity contribution >= 4 is 231 Å². The van der Waals surface area contributed by atoms with E-state index in [1.807, 2.05) is 24.5 Å². The molecule has 24 aromatic carbocycles. The van der Waals surface area contributed by atoms with E-state index < -0.39 is 0 Å². The van der Waals surface area contributed by atoms with Crippen LogP contribution in [-0.2, 0) is 29.7 Å². The Hall–Kier alpha value is -17.7. The molecule has 0 radical (unpaired) electrons. The number of anilines is 12. The van der Waals surface area contributed by atoms with Crippen LogP contribution in [-0.4, -0.2) is 31.5 Å². The van der Waals surface area contributed by atoms with Gasteiger partial charge in [-0.1, -0.05) is 363 Å². The molecule has 26 rings (SSSR count). The zero-order valence-corrected chi connectivity index (χ0v) is 78.9. The molecule has 0 aliphatic carbocycles. The number of para-hydroxylation sites is 4. The first-order valence-corrected chi connectivity index (χ1v) is 46.9. The molecule has 0 amide bonds. The Balaban J connectivity index is 0.000000145. The van der Waals surface area contributed by atoms with Crippen molar-refractivity contribution in [2.24, 2.45) is 0 Å². The van der Waals surface area contributed by atoms with Gasteiger partial charge in [0.1, 0.15) is 11.6 Å². The third-order valence-electron chi connectivity index (χ3n) is 26.5. The number of rotatable bonds is 16. The molecule has 0 unspecified atom stereocenters. The summed E-state index contributed by atoms with van der Waals surface area (Å²) < 4.78 is 0. The Morgan fingerprint density at radius 2 is 0.471 bits per heavy atom. The molecule has 0 bridgehead atoms. The van der Waals surface area contributed by atoms with Crippen LogP contribution in [0.1, 0.15) is 20.3 Å². The summed E-state index contributed by atoms with van der Waals surface area (Å²) in [6.07, 6.45) is 3.93. The van der Waals surface area contributed by atoms with Gasteiger partial charge in [0.25, 0.3) is 0 Å². The molecule has 2 aromatic heterocycles. The molecule has 140 heavy (non-hydrogen) atoms. The Kier molecular flexibility index (Phi) is 22.9. The molecule has 662 valence electrons. The third-order valence-corrected chi connectivity index (χ3v) is 26.5. The fourth-order valence-corrected chi connectivity index (χ4v) is 20.6. The monoisotopic (exact) mass is 1970 g/mol. The second-order valence-electron chi connectivity index (χ2n) is 35.2. The van der Waals surface area contributed by atoms with Gasteiger partial charge in [0, 0.05) is 111 Å². The van der Waals surface area contributed by atoms with Crippen LogP contribution in [0, 0.1) is 12.1 Å². The number of hydrogen-bond acceptors (Lipinski definition) is 10. The zero-order valence-electron chi connectivity index (χ0n) is 76.5. The Labute approximate surface area is 822 Å². The molecule has 10 nitrogen and oxygen atoms in total. The standard InChI is InChI=1S/2C62H39N4.C5H8O2.Ir/c2*1-4-19-41(20-5-1)56-40-63-59-55-39-48(65(46-25-6-2-7-26-46)61-49-29-14-10-21-42(49)37-43-22-11-15-30-50(43)61)35-36-53(55)54-33-18-34-57(58(54)60(59)64-56)66(47-27-8-3-9-28-47)62-51-31-16-12-23-44(51)38-45-24-13-17-32-52(45)62;1-4(6)3-5(2)7;/h2*1-38,40H;3H2,1-2H3;/q2*-1;;+3. The fraction of sp³-hybridized carbons (Fsp3) is 0.0233. The molecule has 2 heterocycles. The molecule has 26 aromatic rings. The van der Waals surface area contributed by atoms with Gasteiger partial charge in [-0.3, -0.25) is 19.6 Å². The predicted octanol–water partition coefficient (Wildman–Crippen LogP) is 34.5. The summed E-state index contributed by atoms with van der Waals surface area (Å²) in [6.45, 7) is 2.81. The van der Waals surface area contributed by atoms with Gasteiger partial charge in [-0.05, 0) is 164 Å². The van der Waals surface area contributed by atoms with Crippen molar-refractivity contribution in [2.45, 2.75) is 20.3 Å². The van der Waals surface area contributed by atoms with E-state index in [0.717, 1.165) is 199 Å². The molecule has 0 saturated heterocycles. The number of carbonyl (C=O) groups is 2. The number of benzene rings is 24. The SMILES string of the molecule is CC(=O)CC(C)=O.[Ir+3].[c-]1c(N(c2ccccc2)c2c3ccccc3cc3ccccc23)ccc2c1c1ncc(-c3ccccc3)nc1c1c(N(c3ccccc3)c3c4ccccc4cc4ccccc34)cccc21.[c-]1c(N(c2ccccc2)c2c3ccccc3cc3ccccc23)ccc2c1c1ncc(-c3ccccc3)nc1c1c(N(c3ccccc3)c3c4ccccc4cc4ccccc34)cccc21. The zero-order chi connectivity index (χ0) is 93.0. The van der Waals surface area contributed by atoms with E-state index in [4.69, 9.17) is 19.9 Å². The van der Waals surface area contributed by atoms with Crippen LogP contribution in [0.15, 0.2) is 473 Å². The number of aromatic nitrogens is 4. The van der Waals surface area contributed by atoms with E-state index in [1.54, 1.807) is 0 Å². The van der Waals surface area contributed by atoms with E-state index in [-0.39, 0.29) is 38.1 Å². The van der Waals surface area contributed by atoms with Crippen molar-refractivity contribution in [1.29, 1.82) is 0 Å². The van der Waals surface area contributed by atoms with Gasteiger partial charge in [0.2, 0.25) is 0 Å². The maximum Gasteiger partial charge on any atom is 3.00 e. The predicted molar refractivity (Wildman–Crippen MR) is 582 cm³/mol. The van der Waals surface area contributed by atoms with Crippen LogP contribution in [0.25, 0.3) is 174 Å². The van der Waals surface area contributed by atoms with Crippen LogP contribution in [0.3, 0.4) is 0 Å². The minimum Gasteiger partial charge on any atom is -0.327 e. The van der Waals surface area contributed by atoms with Crippen molar-refractivity contribution in [3.8, 4) is 22.5 Å². The Morgan fingerprint density at radius 1 is 0.236 bits per heavy atom. The number of Topliss-reactive ketones (excluding diaryl/α,β-unsaturated/α-hetero) is 2. The first-order chi connectivity index (χ1) is 68.7. The second-order valence-corrected chi connectivity index (χ2v) is 35.2. The summed E-state index contributed by atoms with van der Waals surface area (Å²) in [5, 5.41) is 26.9. The molecule has 0 N–H and O–H groups in total. The summed E-state index contributed by atoms with van der Waals surface area (Å²) in [7, 11) is 0. The average Bonchev–Trinajstić information content (AvgIpc) is 0.713. The Morgan fingerprint density at radius 3 is 0.736 bits per heavy atom. The summed E-state index contributed by atoms with van der Waals surface area (Å²) in [5.74, 6) is -0.125. The summed E-state index contributed by atoms with van der Waals surface area (Å²) in [4.78, 5) is 51.7. The van der Waals surface area contributed by atoms with Gasteiger partial charge in [-0.15, -0.1) is 47.2 Å². The van der Waals surface area contributed by atoms with E-state index in [1.165, 1.54) is 56.9 Å². The Bertz CT molecular complexity index is 8580. The van der Waals surface area contributed by atoms with Gasteiger partial charge in [0.15, 0.2) is 0 Å². The second kappa shape index (κ2) is 37.2. The molecule has 0 aliphatic heterocycles. The van der Waals surface area contributed by atoms with Crippen molar-refractivity contribution in [1.82, 2.24) is 19.9 Å². The largest absolute Gasteiger partial charge is 3.00 e. The van der Waals surface area contributed by atoms with E-state index in [2.05, 4.69) is 481 Å². The maximum atomic E-state index is 10.0. The summed E-state index contributed by atoms with van der Waals surface area (Å²) in [5.41, 5.74) is 19.3. The van der Waals surface area contributed by atoms with Gasteiger partial charge in [0.05, 0.1) is 63.0 Å². The third kappa shape index (κ3) is 15.7. The van der Waals surface area contributed by atoms with Crippen LogP contribution >= 0.6 is 0 Å². The minimum atomic E-state index is -0.0625. The molecule has 0 fully saturated rings. The van der Waals surface area contributed by atoms with Gasteiger partial charge >= 0.3 is 20.1 Å². The number of carbonyl (C=O) groups excluding carboxylic acids is 2. The van der Waals surface area contributed by atoms with E-state index in [9.17, 15) is 9.59 Å². The number of hydrogen-bond donors (Lipinski definition) is 0. The smallest absolute Gasteiger partial charge is 0.327 e. The number of fused-ring (bicyclic) bond motifs is 20. The maximum absolute atomic E-state index is 10.0.